The Hall–Kier alpha value is -7.04. The minimum atomic E-state index is -0.833. The predicted octanol–water partition coefficient (Wildman–Crippen LogP) is 5.81. The second kappa shape index (κ2) is 14.5. The predicted molar refractivity (Wildman–Crippen MR) is 215 cm³/mol. The van der Waals surface area contributed by atoms with Gasteiger partial charge in [0, 0.05) is 89.3 Å². The summed E-state index contributed by atoms with van der Waals surface area (Å²) < 4.78 is 18.1. The van der Waals surface area contributed by atoms with Gasteiger partial charge in [0.1, 0.15) is 36.3 Å². The molecule has 2 saturated heterocycles. The molecule has 2 aromatic carbocycles. The Kier molecular flexibility index (Phi) is 8.83. The largest absolute Gasteiger partial charge is 0.489 e. The summed E-state index contributed by atoms with van der Waals surface area (Å²) in [5.74, 6) is 6.09. The molecular formula is C45H37N7O6. The number of benzene rings is 2. The molecule has 0 spiro atoms. The molecule has 6 aromatic rings. The first-order valence-corrected chi connectivity index (χ1v) is 19.3. The number of H-pyrrole nitrogens is 1. The number of allylic oxidation sites excluding steroid dienone is 1. The van der Waals surface area contributed by atoms with Gasteiger partial charge in [-0.05, 0) is 72.9 Å². The standard InChI is InChI=1S/C45H37N7O6/c1-26-4-12-41(43(53)49-26)52-44(54)36-11-8-30(18-37(36)45(52)55)51-24-34(25-51)56-16-2-3-29-7-9-31(22-47-29)57-32-19-33(20-32)58-42-13-6-28(21-48-42)27-5-10-35-38-23-46-15-14-39(38)50-40(35)17-27/h5-11,13-15,17-18,21-23,32-34,41,50H,1,4,12,16,19-20,24-25H2,(H,49,53). The Morgan fingerprint density at radius 1 is 0.793 bits per heavy atom. The Morgan fingerprint density at radius 3 is 2.45 bits per heavy atom. The number of hydrogen-bond donors (Lipinski definition) is 2. The van der Waals surface area contributed by atoms with E-state index < -0.39 is 17.9 Å². The lowest BCUT2D eigenvalue weighted by Gasteiger charge is -2.40. The number of aromatic nitrogens is 4. The van der Waals surface area contributed by atoms with Crippen molar-refractivity contribution in [2.24, 2.45) is 0 Å². The molecule has 0 radical (unpaired) electrons. The molecule has 2 N–H and O–H groups in total. The minimum Gasteiger partial charge on any atom is -0.489 e. The van der Waals surface area contributed by atoms with Crippen LogP contribution >= 0.6 is 0 Å². The van der Waals surface area contributed by atoms with Crippen molar-refractivity contribution >= 4 is 45.2 Å². The smallest absolute Gasteiger partial charge is 0.262 e. The van der Waals surface area contributed by atoms with Gasteiger partial charge >= 0.3 is 0 Å². The Balaban J connectivity index is 0.649. The van der Waals surface area contributed by atoms with Gasteiger partial charge in [0.15, 0.2) is 0 Å². The molecule has 7 heterocycles. The second-order valence-electron chi connectivity index (χ2n) is 15.0. The van der Waals surface area contributed by atoms with Crippen LogP contribution in [0.5, 0.6) is 11.6 Å². The molecule has 3 fully saturated rings. The number of hydrogen-bond acceptors (Lipinski definition) is 10. The highest BCUT2D eigenvalue weighted by molar-refractivity contribution is 6.23. The molecule has 288 valence electrons. The highest BCUT2D eigenvalue weighted by atomic mass is 16.5. The molecule has 1 aliphatic carbocycles. The third-order valence-corrected chi connectivity index (χ3v) is 11.2. The summed E-state index contributed by atoms with van der Waals surface area (Å²) in [7, 11) is 0. The summed E-state index contributed by atoms with van der Waals surface area (Å²) >= 11 is 0. The van der Waals surface area contributed by atoms with Crippen molar-refractivity contribution < 1.29 is 28.6 Å². The number of piperidine rings is 1. The molecule has 3 aliphatic heterocycles. The minimum absolute atomic E-state index is 0.0186. The SMILES string of the molecule is C=C1CCC(N2C(=O)c3ccc(N4CC(OCC#Cc5ccc(OC6CC(Oc7ccc(-c8ccc9c(c8)[nH]c8ccncc89)cn7)C6)cn5)C4)cc3C2=O)C(=O)N1. The lowest BCUT2D eigenvalue weighted by Crippen LogP contribution is -2.52. The summed E-state index contributed by atoms with van der Waals surface area (Å²) in [6, 6.07) is 20.4. The van der Waals surface area contributed by atoms with E-state index in [2.05, 4.69) is 66.8 Å². The molecule has 10 rings (SSSR count). The molecule has 58 heavy (non-hydrogen) atoms. The summed E-state index contributed by atoms with van der Waals surface area (Å²) in [6.45, 7) is 5.28. The van der Waals surface area contributed by atoms with Crippen LogP contribution < -0.4 is 19.7 Å². The first kappa shape index (κ1) is 35.4. The molecular weight excluding hydrogens is 735 g/mol. The molecule has 4 aliphatic rings. The maximum Gasteiger partial charge on any atom is 0.262 e. The normalized spacial score (nSPS) is 20.3. The van der Waals surface area contributed by atoms with E-state index in [1.54, 1.807) is 24.5 Å². The summed E-state index contributed by atoms with van der Waals surface area (Å²) in [5.41, 5.74) is 6.89. The van der Waals surface area contributed by atoms with Crippen LogP contribution in [-0.2, 0) is 9.53 Å². The van der Waals surface area contributed by atoms with Crippen molar-refractivity contribution in [3.63, 3.8) is 0 Å². The molecule has 1 unspecified atom stereocenters. The van der Waals surface area contributed by atoms with Crippen molar-refractivity contribution in [2.45, 2.75) is 50.0 Å². The monoisotopic (exact) mass is 771 g/mol. The van der Waals surface area contributed by atoms with Crippen molar-refractivity contribution in [3.05, 3.63) is 121 Å². The van der Waals surface area contributed by atoms with Gasteiger partial charge in [0.05, 0.1) is 23.4 Å². The number of pyridine rings is 3. The van der Waals surface area contributed by atoms with Crippen LogP contribution in [0.15, 0.2) is 104 Å². The number of ether oxygens (including phenoxy) is 3. The molecule has 13 heteroatoms. The van der Waals surface area contributed by atoms with E-state index in [1.165, 1.54) is 0 Å². The van der Waals surface area contributed by atoms with E-state index in [1.807, 2.05) is 48.8 Å². The third kappa shape index (κ3) is 6.67. The quantitative estimate of drug-likeness (QED) is 0.136. The van der Waals surface area contributed by atoms with Crippen molar-refractivity contribution in [1.82, 2.24) is 30.2 Å². The van der Waals surface area contributed by atoms with E-state index >= 15 is 0 Å². The number of imide groups is 1. The van der Waals surface area contributed by atoms with Gasteiger partial charge in [-0.3, -0.25) is 24.3 Å². The summed E-state index contributed by atoms with van der Waals surface area (Å²) in [4.78, 5) is 58.7. The van der Waals surface area contributed by atoms with Gasteiger partial charge in [-0.1, -0.05) is 24.6 Å². The van der Waals surface area contributed by atoms with Gasteiger partial charge in [-0.15, -0.1) is 0 Å². The molecule has 1 saturated carbocycles. The maximum atomic E-state index is 13.2. The fraction of sp³-hybridized carbons (Fsp3) is 0.244. The number of aromatic amines is 1. The highest BCUT2D eigenvalue weighted by Gasteiger charge is 2.44. The second-order valence-corrected chi connectivity index (χ2v) is 15.0. The first-order valence-electron chi connectivity index (χ1n) is 19.3. The number of fused-ring (bicyclic) bond motifs is 4. The number of anilines is 1. The van der Waals surface area contributed by atoms with Crippen LogP contribution in [0.4, 0.5) is 5.69 Å². The molecule has 4 aromatic heterocycles. The number of carbonyl (C=O) groups excluding carboxylic acids is 3. The fourth-order valence-corrected chi connectivity index (χ4v) is 7.92. The van der Waals surface area contributed by atoms with E-state index in [0.29, 0.717) is 60.1 Å². The zero-order valence-electron chi connectivity index (χ0n) is 31.3. The van der Waals surface area contributed by atoms with Gasteiger partial charge in [0.25, 0.3) is 11.8 Å². The average Bonchev–Trinajstić information content (AvgIpc) is 3.70. The van der Waals surface area contributed by atoms with Crippen LogP contribution in [-0.4, -0.2) is 86.6 Å². The number of amides is 3. The van der Waals surface area contributed by atoms with Gasteiger partial charge in [-0.2, -0.15) is 0 Å². The molecule has 0 bridgehead atoms. The Morgan fingerprint density at radius 2 is 1.64 bits per heavy atom. The van der Waals surface area contributed by atoms with Crippen molar-refractivity contribution in [2.75, 3.05) is 24.6 Å². The van der Waals surface area contributed by atoms with E-state index in [4.69, 9.17) is 14.2 Å². The van der Waals surface area contributed by atoms with E-state index in [0.717, 1.165) is 56.4 Å². The lowest BCUT2D eigenvalue weighted by atomic mass is 9.92. The third-order valence-electron chi connectivity index (χ3n) is 11.2. The molecule has 13 nitrogen and oxygen atoms in total. The number of nitrogens with zero attached hydrogens (tertiary/aromatic N) is 5. The van der Waals surface area contributed by atoms with Crippen LogP contribution in [0.1, 0.15) is 52.1 Å². The fourth-order valence-electron chi connectivity index (χ4n) is 7.92. The zero-order valence-corrected chi connectivity index (χ0v) is 31.3. The van der Waals surface area contributed by atoms with Crippen molar-refractivity contribution in [3.8, 4) is 34.6 Å². The first-order chi connectivity index (χ1) is 28.3. The Labute approximate surface area is 333 Å². The maximum absolute atomic E-state index is 13.2. The van der Waals surface area contributed by atoms with E-state index in [-0.39, 0.29) is 30.8 Å². The topological polar surface area (TPSA) is 152 Å². The van der Waals surface area contributed by atoms with Crippen LogP contribution in [0.3, 0.4) is 0 Å². The van der Waals surface area contributed by atoms with Crippen LogP contribution in [0.25, 0.3) is 32.9 Å². The summed E-state index contributed by atoms with van der Waals surface area (Å²) in [6.07, 6.45) is 9.66. The van der Waals surface area contributed by atoms with Gasteiger partial charge in [-0.25, -0.2) is 9.97 Å². The van der Waals surface area contributed by atoms with Crippen LogP contribution in [0, 0.1) is 11.8 Å². The number of carbonyl (C=O) groups is 3. The van der Waals surface area contributed by atoms with Gasteiger partial charge < -0.3 is 29.4 Å². The van der Waals surface area contributed by atoms with Gasteiger partial charge in [0.2, 0.25) is 11.8 Å². The zero-order chi connectivity index (χ0) is 39.3. The molecule has 1 atom stereocenters. The molecule has 3 amide bonds. The number of nitrogens with one attached hydrogen (secondary N) is 2. The van der Waals surface area contributed by atoms with E-state index in [9.17, 15) is 14.4 Å². The number of rotatable bonds is 9. The lowest BCUT2D eigenvalue weighted by molar-refractivity contribution is -0.125. The van der Waals surface area contributed by atoms with Crippen molar-refractivity contribution in [1.29, 1.82) is 0 Å². The van der Waals surface area contributed by atoms with Crippen LogP contribution in [0.2, 0.25) is 0 Å². The Bertz CT molecular complexity index is 2690. The highest BCUT2D eigenvalue weighted by Crippen LogP contribution is 2.34. The average molecular weight is 772 g/mol. The summed E-state index contributed by atoms with van der Waals surface area (Å²) in [5, 5.41) is 4.92.